The van der Waals surface area contributed by atoms with Crippen LogP contribution >= 0.6 is 22.9 Å². The van der Waals surface area contributed by atoms with Gasteiger partial charge in [0.15, 0.2) is 11.2 Å². The SMILES string of the molecule is CC(Oc1ccc(C(C)(C)C)cc1)C(=O)Nc1nc(-c2ccccc2Cl)cs1. The predicted molar refractivity (Wildman–Crippen MR) is 116 cm³/mol. The molecule has 1 unspecified atom stereocenters. The third-order valence-electron chi connectivity index (χ3n) is 4.29. The smallest absolute Gasteiger partial charge is 0.266 e. The molecule has 3 aromatic rings. The van der Waals surface area contributed by atoms with Crippen LogP contribution in [0.25, 0.3) is 11.3 Å². The van der Waals surface area contributed by atoms with E-state index >= 15 is 0 Å². The van der Waals surface area contributed by atoms with Crippen molar-refractivity contribution in [2.24, 2.45) is 0 Å². The number of carbonyl (C=O) groups excluding carboxylic acids is 1. The Bertz CT molecular complexity index is 961. The molecule has 3 rings (SSSR count). The zero-order chi connectivity index (χ0) is 20.3. The molecule has 0 aliphatic rings. The molecule has 0 spiro atoms. The van der Waals surface area contributed by atoms with E-state index in [4.69, 9.17) is 16.3 Å². The van der Waals surface area contributed by atoms with Crippen LogP contribution in [0.2, 0.25) is 5.02 Å². The number of halogens is 1. The Labute approximate surface area is 174 Å². The summed E-state index contributed by atoms with van der Waals surface area (Å²) in [5.74, 6) is 0.409. The van der Waals surface area contributed by atoms with Crippen molar-refractivity contribution in [3.05, 3.63) is 64.5 Å². The number of nitrogens with one attached hydrogen (secondary N) is 1. The molecule has 0 bridgehead atoms. The van der Waals surface area contributed by atoms with Gasteiger partial charge in [-0.1, -0.05) is 62.7 Å². The Kier molecular flexibility index (Phi) is 6.06. The maximum Gasteiger partial charge on any atom is 0.266 e. The van der Waals surface area contributed by atoms with Gasteiger partial charge in [0.1, 0.15) is 5.75 Å². The van der Waals surface area contributed by atoms with Crippen molar-refractivity contribution >= 4 is 34.0 Å². The van der Waals surface area contributed by atoms with Gasteiger partial charge in [-0.15, -0.1) is 11.3 Å². The molecule has 4 nitrogen and oxygen atoms in total. The van der Waals surface area contributed by atoms with Crippen molar-refractivity contribution in [2.75, 3.05) is 5.32 Å². The van der Waals surface area contributed by atoms with Gasteiger partial charge in [0.2, 0.25) is 0 Å². The van der Waals surface area contributed by atoms with Gasteiger partial charge in [-0.05, 0) is 36.1 Å². The van der Waals surface area contributed by atoms with Crippen LogP contribution in [0.1, 0.15) is 33.3 Å². The van der Waals surface area contributed by atoms with Crippen molar-refractivity contribution < 1.29 is 9.53 Å². The molecule has 2 aromatic carbocycles. The molecule has 0 radical (unpaired) electrons. The zero-order valence-electron chi connectivity index (χ0n) is 16.3. The van der Waals surface area contributed by atoms with Crippen LogP contribution in [-0.2, 0) is 10.2 Å². The Hall–Kier alpha value is -2.37. The Balaban J connectivity index is 1.63. The van der Waals surface area contributed by atoms with Crippen molar-refractivity contribution in [3.63, 3.8) is 0 Å². The van der Waals surface area contributed by atoms with Crippen LogP contribution in [-0.4, -0.2) is 17.0 Å². The van der Waals surface area contributed by atoms with Crippen LogP contribution in [0.5, 0.6) is 5.75 Å². The number of aromatic nitrogens is 1. The van der Waals surface area contributed by atoms with Gasteiger partial charge in [0.05, 0.1) is 5.69 Å². The van der Waals surface area contributed by atoms with Gasteiger partial charge < -0.3 is 4.74 Å². The highest BCUT2D eigenvalue weighted by Crippen LogP contribution is 2.30. The number of nitrogens with zero attached hydrogens (tertiary/aromatic N) is 1. The summed E-state index contributed by atoms with van der Waals surface area (Å²) < 4.78 is 5.77. The largest absolute Gasteiger partial charge is 0.481 e. The number of amides is 1. The monoisotopic (exact) mass is 414 g/mol. The maximum absolute atomic E-state index is 12.5. The van der Waals surface area contributed by atoms with Crippen molar-refractivity contribution in [1.82, 2.24) is 4.98 Å². The molecule has 28 heavy (non-hydrogen) atoms. The van der Waals surface area contributed by atoms with Gasteiger partial charge in [-0.3, -0.25) is 10.1 Å². The average Bonchev–Trinajstić information content (AvgIpc) is 3.10. The Morgan fingerprint density at radius 3 is 2.46 bits per heavy atom. The van der Waals surface area contributed by atoms with Gasteiger partial charge in [-0.25, -0.2) is 4.98 Å². The highest BCUT2D eigenvalue weighted by molar-refractivity contribution is 7.14. The number of hydrogen-bond acceptors (Lipinski definition) is 4. The molecule has 0 aliphatic carbocycles. The number of thiazole rings is 1. The number of ether oxygens (including phenoxy) is 1. The molecule has 1 amide bonds. The number of hydrogen-bond donors (Lipinski definition) is 1. The third-order valence-corrected chi connectivity index (χ3v) is 5.37. The first-order valence-corrected chi connectivity index (χ1v) is 10.3. The van der Waals surface area contributed by atoms with E-state index in [9.17, 15) is 4.79 Å². The van der Waals surface area contributed by atoms with E-state index in [1.165, 1.54) is 16.9 Å². The van der Waals surface area contributed by atoms with Gasteiger partial charge in [0, 0.05) is 16.0 Å². The highest BCUT2D eigenvalue weighted by Gasteiger charge is 2.18. The van der Waals surface area contributed by atoms with Gasteiger partial charge in [0.25, 0.3) is 5.91 Å². The normalized spacial score (nSPS) is 12.5. The summed E-state index contributed by atoms with van der Waals surface area (Å²) in [5.41, 5.74) is 2.86. The lowest BCUT2D eigenvalue weighted by Crippen LogP contribution is -2.30. The number of benzene rings is 2. The molecule has 6 heteroatoms. The van der Waals surface area contributed by atoms with Crippen molar-refractivity contribution in [2.45, 2.75) is 39.2 Å². The second kappa shape index (κ2) is 8.33. The van der Waals surface area contributed by atoms with E-state index in [1.807, 2.05) is 53.9 Å². The summed E-state index contributed by atoms with van der Waals surface area (Å²) in [7, 11) is 0. The standard InChI is InChI=1S/C22H23ClN2O2S/c1-14(27-16-11-9-15(10-12-16)22(2,3)4)20(26)25-21-24-19(13-28-21)17-7-5-6-8-18(17)23/h5-14H,1-4H3,(H,24,25,26). The summed E-state index contributed by atoms with van der Waals surface area (Å²) in [6, 6.07) is 15.3. The molecule has 1 atom stereocenters. The lowest BCUT2D eigenvalue weighted by atomic mass is 9.87. The third kappa shape index (κ3) is 4.91. The fourth-order valence-electron chi connectivity index (χ4n) is 2.62. The first-order valence-electron chi connectivity index (χ1n) is 9.02. The maximum atomic E-state index is 12.5. The summed E-state index contributed by atoms with van der Waals surface area (Å²) >= 11 is 7.56. The molecule has 0 saturated heterocycles. The van der Waals surface area contributed by atoms with E-state index in [1.54, 1.807) is 6.92 Å². The molecular weight excluding hydrogens is 392 g/mol. The molecule has 1 aromatic heterocycles. The molecule has 0 saturated carbocycles. The van der Waals surface area contributed by atoms with Gasteiger partial charge >= 0.3 is 0 Å². The van der Waals surface area contributed by atoms with E-state index < -0.39 is 6.10 Å². The minimum atomic E-state index is -0.645. The van der Waals surface area contributed by atoms with E-state index in [0.717, 1.165) is 11.3 Å². The summed E-state index contributed by atoms with van der Waals surface area (Å²) in [6.07, 6.45) is -0.645. The molecule has 0 fully saturated rings. The van der Waals surface area contributed by atoms with Crippen LogP contribution in [0.15, 0.2) is 53.9 Å². The Morgan fingerprint density at radius 2 is 1.82 bits per heavy atom. The first-order chi connectivity index (χ1) is 13.2. The highest BCUT2D eigenvalue weighted by atomic mass is 35.5. The van der Waals surface area contributed by atoms with Crippen LogP contribution < -0.4 is 10.1 Å². The summed E-state index contributed by atoms with van der Waals surface area (Å²) in [6.45, 7) is 8.19. The van der Waals surface area contributed by atoms with Crippen LogP contribution in [0, 0.1) is 0 Å². The summed E-state index contributed by atoms with van der Waals surface area (Å²) in [5, 5.41) is 5.81. The predicted octanol–water partition coefficient (Wildman–Crippen LogP) is 6.17. The molecule has 146 valence electrons. The average molecular weight is 415 g/mol. The number of anilines is 1. The summed E-state index contributed by atoms with van der Waals surface area (Å²) in [4.78, 5) is 16.9. The second-order valence-electron chi connectivity index (χ2n) is 7.54. The first kappa shape index (κ1) is 20.4. The van der Waals surface area contributed by atoms with Crippen molar-refractivity contribution in [1.29, 1.82) is 0 Å². The van der Waals surface area contributed by atoms with Gasteiger partial charge in [-0.2, -0.15) is 0 Å². The topological polar surface area (TPSA) is 51.2 Å². The molecule has 1 heterocycles. The fraction of sp³-hybridized carbons (Fsp3) is 0.273. The zero-order valence-corrected chi connectivity index (χ0v) is 17.9. The minimum absolute atomic E-state index is 0.0751. The molecular formula is C22H23ClN2O2S. The van der Waals surface area contributed by atoms with Crippen LogP contribution in [0.4, 0.5) is 5.13 Å². The second-order valence-corrected chi connectivity index (χ2v) is 8.81. The molecule has 1 N–H and O–H groups in total. The van der Waals surface area contributed by atoms with E-state index in [2.05, 4.69) is 31.1 Å². The molecule has 0 aliphatic heterocycles. The lowest BCUT2D eigenvalue weighted by Gasteiger charge is -2.20. The fourth-order valence-corrected chi connectivity index (χ4v) is 3.57. The minimum Gasteiger partial charge on any atom is -0.481 e. The quantitative estimate of drug-likeness (QED) is 0.543. The van der Waals surface area contributed by atoms with Crippen molar-refractivity contribution in [3.8, 4) is 17.0 Å². The number of rotatable bonds is 5. The Morgan fingerprint density at radius 1 is 1.14 bits per heavy atom. The lowest BCUT2D eigenvalue weighted by molar-refractivity contribution is -0.122. The van der Waals surface area contributed by atoms with Crippen LogP contribution in [0.3, 0.4) is 0 Å². The number of carbonyl (C=O) groups is 1. The van der Waals surface area contributed by atoms with E-state index in [-0.39, 0.29) is 11.3 Å². The van der Waals surface area contributed by atoms with E-state index in [0.29, 0.717) is 15.9 Å².